The van der Waals surface area contributed by atoms with Crippen molar-refractivity contribution in [2.45, 2.75) is 18.9 Å². The maximum absolute atomic E-state index is 11.6. The molecule has 0 radical (unpaired) electrons. The summed E-state index contributed by atoms with van der Waals surface area (Å²) in [6.45, 7) is 1.83. The molecule has 0 spiro atoms. The fourth-order valence-corrected chi connectivity index (χ4v) is 1.77. The van der Waals surface area contributed by atoms with Gasteiger partial charge in [-0.15, -0.1) is 0 Å². The second-order valence-electron chi connectivity index (χ2n) is 3.43. The van der Waals surface area contributed by atoms with Crippen LogP contribution in [-0.4, -0.2) is 12.1 Å². The molecule has 1 aliphatic rings. The molecule has 1 atom stereocenters. The molecule has 1 N–H and O–H groups in total. The van der Waals surface area contributed by atoms with Crippen molar-refractivity contribution < 1.29 is 14.3 Å². The lowest BCUT2D eigenvalue weighted by molar-refractivity contribution is -0.139. The van der Waals surface area contributed by atoms with E-state index in [1.54, 1.807) is 12.1 Å². The fraction of sp³-hybridized carbons (Fsp3) is 0.273. The lowest BCUT2D eigenvalue weighted by Crippen LogP contribution is -2.42. The Hall–Kier alpha value is -1.84. The van der Waals surface area contributed by atoms with Crippen LogP contribution in [-0.2, 0) is 15.1 Å². The van der Waals surface area contributed by atoms with Gasteiger partial charge in [0.15, 0.2) is 5.54 Å². The summed E-state index contributed by atoms with van der Waals surface area (Å²) in [6.07, 6.45) is -0.201. The third-order valence-electron chi connectivity index (χ3n) is 2.65. The number of esters is 1. The predicted molar refractivity (Wildman–Crippen MR) is 53.0 cm³/mol. The molecule has 78 valence electrons. The van der Waals surface area contributed by atoms with Crippen molar-refractivity contribution in [2.75, 3.05) is 0 Å². The van der Waals surface area contributed by atoms with Crippen LogP contribution in [0.1, 0.15) is 18.9 Å². The smallest absolute Gasteiger partial charge is 0.374 e. The molecule has 1 amide bonds. The number of alkyl carbamates (subject to hydrolysis) is 1. The molecule has 4 nitrogen and oxygen atoms in total. The van der Waals surface area contributed by atoms with Gasteiger partial charge in [0, 0.05) is 0 Å². The van der Waals surface area contributed by atoms with E-state index in [0.717, 1.165) is 5.56 Å². The summed E-state index contributed by atoms with van der Waals surface area (Å²) in [5, 5.41) is 2.57. The standard InChI is InChI=1S/C11H11NO3/c1-2-11(8-6-4-3-5-7-8)9(13)15-10(14)12-11/h3-7H,2H2,1H3,(H,12,14). The maximum atomic E-state index is 11.6. The number of carbonyl (C=O) groups excluding carboxylic acids is 2. The molecule has 2 rings (SSSR count). The molecular formula is C11H11NO3. The molecular weight excluding hydrogens is 194 g/mol. The highest BCUT2D eigenvalue weighted by Crippen LogP contribution is 2.30. The molecule has 15 heavy (non-hydrogen) atoms. The van der Waals surface area contributed by atoms with Crippen molar-refractivity contribution in [3.8, 4) is 0 Å². The summed E-state index contributed by atoms with van der Waals surface area (Å²) in [5.41, 5.74) is -0.249. The van der Waals surface area contributed by atoms with E-state index in [0.29, 0.717) is 6.42 Å². The Morgan fingerprint density at radius 1 is 1.27 bits per heavy atom. The van der Waals surface area contributed by atoms with Crippen molar-refractivity contribution in [1.29, 1.82) is 0 Å². The Morgan fingerprint density at radius 3 is 2.40 bits per heavy atom. The number of nitrogens with one attached hydrogen (secondary N) is 1. The van der Waals surface area contributed by atoms with Gasteiger partial charge in [0.1, 0.15) is 0 Å². The van der Waals surface area contributed by atoms with E-state index < -0.39 is 17.6 Å². The van der Waals surface area contributed by atoms with Crippen molar-refractivity contribution >= 4 is 12.1 Å². The van der Waals surface area contributed by atoms with E-state index in [1.807, 2.05) is 25.1 Å². The van der Waals surface area contributed by atoms with E-state index in [9.17, 15) is 9.59 Å². The van der Waals surface area contributed by atoms with Gasteiger partial charge in [-0.05, 0) is 12.0 Å². The second-order valence-corrected chi connectivity index (χ2v) is 3.43. The largest absolute Gasteiger partial charge is 0.416 e. The average Bonchev–Trinajstić information content (AvgIpc) is 2.56. The zero-order valence-corrected chi connectivity index (χ0v) is 8.32. The molecule has 1 unspecified atom stereocenters. The Bertz CT molecular complexity index is 402. The predicted octanol–water partition coefficient (Wildman–Crippen LogP) is 1.56. The van der Waals surface area contributed by atoms with Gasteiger partial charge >= 0.3 is 12.1 Å². The molecule has 0 aliphatic carbocycles. The molecule has 4 heteroatoms. The minimum atomic E-state index is -1.00. The highest BCUT2D eigenvalue weighted by atomic mass is 16.6. The molecule has 0 saturated carbocycles. The quantitative estimate of drug-likeness (QED) is 0.588. The van der Waals surface area contributed by atoms with Crippen LogP contribution in [0.3, 0.4) is 0 Å². The van der Waals surface area contributed by atoms with Gasteiger partial charge < -0.3 is 10.1 Å². The average molecular weight is 205 g/mol. The third-order valence-corrected chi connectivity index (χ3v) is 2.65. The van der Waals surface area contributed by atoms with Gasteiger partial charge in [0.2, 0.25) is 0 Å². The number of hydrogen-bond acceptors (Lipinski definition) is 3. The van der Waals surface area contributed by atoms with Crippen LogP contribution in [0.4, 0.5) is 4.79 Å². The second kappa shape index (κ2) is 3.38. The number of benzene rings is 1. The minimum Gasteiger partial charge on any atom is -0.374 e. The highest BCUT2D eigenvalue weighted by molar-refractivity contribution is 5.99. The highest BCUT2D eigenvalue weighted by Gasteiger charge is 2.48. The maximum Gasteiger partial charge on any atom is 0.416 e. The van der Waals surface area contributed by atoms with Crippen LogP contribution in [0.2, 0.25) is 0 Å². The van der Waals surface area contributed by atoms with E-state index in [2.05, 4.69) is 10.1 Å². The van der Waals surface area contributed by atoms with Crippen LogP contribution >= 0.6 is 0 Å². The first-order valence-corrected chi connectivity index (χ1v) is 4.79. The topological polar surface area (TPSA) is 55.4 Å². The van der Waals surface area contributed by atoms with Crippen molar-refractivity contribution in [2.24, 2.45) is 0 Å². The molecule has 1 aliphatic heterocycles. The van der Waals surface area contributed by atoms with Crippen LogP contribution in [0.5, 0.6) is 0 Å². The van der Waals surface area contributed by atoms with Gasteiger partial charge in [0.25, 0.3) is 0 Å². The molecule has 0 aromatic heterocycles. The van der Waals surface area contributed by atoms with Crippen LogP contribution in [0.25, 0.3) is 0 Å². The Kier molecular flexibility index (Phi) is 2.19. The van der Waals surface area contributed by atoms with Crippen LogP contribution in [0.15, 0.2) is 30.3 Å². The van der Waals surface area contributed by atoms with Gasteiger partial charge in [-0.1, -0.05) is 37.3 Å². The Morgan fingerprint density at radius 2 is 1.93 bits per heavy atom. The number of rotatable bonds is 2. The van der Waals surface area contributed by atoms with Crippen molar-refractivity contribution in [3.05, 3.63) is 35.9 Å². The van der Waals surface area contributed by atoms with Crippen LogP contribution in [0, 0.1) is 0 Å². The first kappa shape index (κ1) is 9.71. The Labute approximate surface area is 87.2 Å². The molecule has 1 saturated heterocycles. The summed E-state index contributed by atoms with van der Waals surface area (Å²) in [4.78, 5) is 22.7. The molecule has 1 aromatic carbocycles. The lowest BCUT2D eigenvalue weighted by atomic mass is 9.88. The van der Waals surface area contributed by atoms with Gasteiger partial charge in [-0.2, -0.15) is 0 Å². The summed E-state index contributed by atoms with van der Waals surface area (Å²) < 4.78 is 4.53. The summed E-state index contributed by atoms with van der Waals surface area (Å²) in [7, 11) is 0. The summed E-state index contributed by atoms with van der Waals surface area (Å²) in [5.74, 6) is -0.527. The zero-order valence-electron chi connectivity index (χ0n) is 8.32. The summed E-state index contributed by atoms with van der Waals surface area (Å²) in [6, 6.07) is 9.11. The van der Waals surface area contributed by atoms with Crippen molar-refractivity contribution in [3.63, 3.8) is 0 Å². The number of carbonyl (C=O) groups is 2. The first-order valence-electron chi connectivity index (χ1n) is 4.79. The summed E-state index contributed by atoms with van der Waals surface area (Å²) >= 11 is 0. The van der Waals surface area contributed by atoms with E-state index in [1.165, 1.54) is 0 Å². The minimum absolute atomic E-state index is 0.474. The van der Waals surface area contributed by atoms with E-state index >= 15 is 0 Å². The zero-order chi connectivity index (χ0) is 10.9. The number of ether oxygens (including phenoxy) is 1. The van der Waals surface area contributed by atoms with Crippen molar-refractivity contribution in [1.82, 2.24) is 5.32 Å². The third kappa shape index (κ3) is 1.38. The van der Waals surface area contributed by atoms with Gasteiger partial charge in [-0.3, -0.25) is 0 Å². The molecule has 0 bridgehead atoms. The number of hydrogen-bond donors (Lipinski definition) is 1. The van der Waals surface area contributed by atoms with Crippen LogP contribution < -0.4 is 5.32 Å². The van der Waals surface area contributed by atoms with Gasteiger partial charge in [-0.25, -0.2) is 9.59 Å². The van der Waals surface area contributed by atoms with E-state index in [-0.39, 0.29) is 0 Å². The SMILES string of the molecule is CCC1(c2ccccc2)NC(=O)OC1=O. The van der Waals surface area contributed by atoms with E-state index in [4.69, 9.17) is 0 Å². The molecule has 1 fully saturated rings. The van der Waals surface area contributed by atoms with Gasteiger partial charge in [0.05, 0.1) is 0 Å². The number of amides is 1. The molecule has 1 aromatic rings. The Balaban J connectivity index is 2.47. The first-order chi connectivity index (χ1) is 7.19. The normalized spacial score (nSPS) is 24.9. The monoisotopic (exact) mass is 205 g/mol. The fourth-order valence-electron chi connectivity index (χ4n) is 1.77. The number of cyclic esters (lactones) is 2. The molecule has 1 heterocycles. The lowest BCUT2D eigenvalue weighted by Gasteiger charge is -2.22.